The smallest absolute Gasteiger partial charge is 0.223 e. The average molecular weight is 319 g/mol. The van der Waals surface area contributed by atoms with E-state index in [1.54, 1.807) is 23.8 Å². The maximum absolute atomic E-state index is 12.4. The molecule has 1 aliphatic rings. The van der Waals surface area contributed by atoms with Crippen molar-refractivity contribution in [2.75, 3.05) is 13.1 Å². The molecule has 118 valence electrons. The topological polar surface area (TPSA) is 58.4 Å². The van der Waals surface area contributed by atoms with Crippen LogP contribution in [0.2, 0.25) is 0 Å². The Morgan fingerprint density at radius 2 is 2.36 bits per heavy atom. The highest BCUT2D eigenvalue weighted by Crippen LogP contribution is 2.21. The zero-order valence-electron chi connectivity index (χ0n) is 12.7. The number of likely N-dealkylation sites (tertiary alicyclic amines) is 1. The second kappa shape index (κ2) is 7.07. The first-order valence-electron chi connectivity index (χ1n) is 7.67. The summed E-state index contributed by atoms with van der Waals surface area (Å²) in [5, 5.41) is 5.98. The molecule has 1 aliphatic heterocycles. The quantitative estimate of drug-likeness (QED) is 0.920. The number of thiazole rings is 1. The van der Waals surface area contributed by atoms with E-state index in [4.69, 9.17) is 4.42 Å². The molecule has 3 rings (SSSR count). The van der Waals surface area contributed by atoms with Gasteiger partial charge in [-0.1, -0.05) is 0 Å². The van der Waals surface area contributed by atoms with Crippen LogP contribution in [0.25, 0.3) is 0 Å². The van der Waals surface area contributed by atoms with Gasteiger partial charge in [0.1, 0.15) is 10.8 Å². The van der Waals surface area contributed by atoms with Gasteiger partial charge >= 0.3 is 0 Å². The monoisotopic (exact) mass is 319 g/mol. The summed E-state index contributed by atoms with van der Waals surface area (Å²) in [6.07, 6.45) is 5.28. The maximum Gasteiger partial charge on any atom is 0.223 e. The first-order valence-corrected chi connectivity index (χ1v) is 8.55. The van der Waals surface area contributed by atoms with Gasteiger partial charge in [0.2, 0.25) is 5.91 Å². The molecule has 0 aliphatic carbocycles. The van der Waals surface area contributed by atoms with Gasteiger partial charge in [-0.2, -0.15) is 0 Å². The largest absolute Gasteiger partial charge is 0.468 e. The number of hydrogen-bond acceptors (Lipinski definition) is 5. The number of hydrogen-bond donors (Lipinski definition) is 1. The van der Waals surface area contributed by atoms with Gasteiger partial charge in [-0.15, -0.1) is 11.3 Å². The van der Waals surface area contributed by atoms with Gasteiger partial charge in [0.05, 0.1) is 18.8 Å². The van der Waals surface area contributed by atoms with Crippen LogP contribution >= 0.6 is 11.3 Å². The number of amides is 1. The Labute approximate surface area is 134 Å². The highest BCUT2D eigenvalue weighted by Gasteiger charge is 2.26. The molecule has 0 saturated carbocycles. The van der Waals surface area contributed by atoms with Crippen molar-refractivity contribution in [3.63, 3.8) is 0 Å². The lowest BCUT2D eigenvalue weighted by atomic mass is 9.95. The molecule has 6 heteroatoms. The van der Waals surface area contributed by atoms with Crippen LogP contribution in [0.3, 0.4) is 0 Å². The SMILES string of the molecule is CC(NC(=O)C1CCN(Cc2ccco2)CC1)c1nccs1. The summed E-state index contributed by atoms with van der Waals surface area (Å²) in [5.74, 6) is 1.25. The standard InChI is InChI=1S/C16H21N3O2S/c1-12(16-17-6-10-22-16)18-15(20)13-4-7-19(8-5-13)11-14-3-2-9-21-14/h2-3,6,9-10,12-13H,4-5,7-8,11H2,1H3,(H,18,20). The van der Waals surface area contributed by atoms with Gasteiger partial charge in [-0.05, 0) is 45.0 Å². The minimum atomic E-state index is -0.00588. The normalized spacial score (nSPS) is 18.2. The van der Waals surface area contributed by atoms with Crippen molar-refractivity contribution in [1.29, 1.82) is 0 Å². The van der Waals surface area contributed by atoms with Gasteiger partial charge in [0, 0.05) is 17.5 Å². The Morgan fingerprint density at radius 3 is 3.00 bits per heavy atom. The Morgan fingerprint density at radius 1 is 1.55 bits per heavy atom. The summed E-state index contributed by atoms with van der Waals surface area (Å²) in [5.41, 5.74) is 0. The second-order valence-corrected chi connectivity index (χ2v) is 6.66. The van der Waals surface area contributed by atoms with Crippen LogP contribution in [0, 0.1) is 5.92 Å². The predicted molar refractivity (Wildman–Crippen MR) is 85.4 cm³/mol. The zero-order valence-corrected chi connectivity index (χ0v) is 13.5. The highest BCUT2D eigenvalue weighted by molar-refractivity contribution is 7.09. The summed E-state index contributed by atoms with van der Waals surface area (Å²) < 4.78 is 5.38. The first-order chi connectivity index (χ1) is 10.7. The number of nitrogens with one attached hydrogen (secondary N) is 1. The third-order valence-electron chi connectivity index (χ3n) is 4.10. The molecule has 1 unspecified atom stereocenters. The lowest BCUT2D eigenvalue weighted by Gasteiger charge is -2.31. The number of aromatic nitrogens is 1. The molecular weight excluding hydrogens is 298 g/mol. The molecule has 1 atom stereocenters. The van der Waals surface area contributed by atoms with E-state index >= 15 is 0 Å². The number of piperidine rings is 1. The fourth-order valence-electron chi connectivity index (χ4n) is 2.82. The minimum Gasteiger partial charge on any atom is -0.468 e. The number of rotatable bonds is 5. The first kappa shape index (κ1) is 15.2. The molecule has 1 N–H and O–H groups in total. The van der Waals surface area contributed by atoms with Crippen molar-refractivity contribution in [2.45, 2.75) is 32.4 Å². The van der Waals surface area contributed by atoms with Gasteiger partial charge in [-0.25, -0.2) is 4.98 Å². The molecule has 2 aromatic rings. The van der Waals surface area contributed by atoms with Crippen LogP contribution in [-0.4, -0.2) is 28.9 Å². The van der Waals surface area contributed by atoms with Crippen LogP contribution in [0.1, 0.15) is 36.6 Å². The van der Waals surface area contributed by atoms with Crippen molar-refractivity contribution in [3.05, 3.63) is 40.7 Å². The van der Waals surface area contributed by atoms with E-state index in [0.29, 0.717) is 0 Å². The molecule has 22 heavy (non-hydrogen) atoms. The third-order valence-corrected chi connectivity index (χ3v) is 5.06. The molecule has 0 bridgehead atoms. The predicted octanol–water partition coefficient (Wildman–Crippen LogP) is 2.83. The van der Waals surface area contributed by atoms with Crippen LogP contribution in [0.4, 0.5) is 0 Å². The number of carbonyl (C=O) groups excluding carboxylic acids is 1. The van der Waals surface area contributed by atoms with Crippen LogP contribution in [0.15, 0.2) is 34.4 Å². The van der Waals surface area contributed by atoms with Crippen molar-refractivity contribution >= 4 is 17.2 Å². The number of nitrogens with zero attached hydrogens (tertiary/aromatic N) is 2. The minimum absolute atomic E-state index is 0.00588. The molecule has 2 aromatic heterocycles. The van der Waals surface area contributed by atoms with E-state index < -0.39 is 0 Å². The van der Waals surface area contributed by atoms with Gasteiger partial charge in [0.15, 0.2) is 0 Å². The molecular formula is C16H21N3O2S. The van der Waals surface area contributed by atoms with Crippen molar-refractivity contribution in [2.24, 2.45) is 5.92 Å². The highest BCUT2D eigenvalue weighted by atomic mass is 32.1. The van der Waals surface area contributed by atoms with Crippen LogP contribution in [0.5, 0.6) is 0 Å². The number of furan rings is 1. The van der Waals surface area contributed by atoms with E-state index in [9.17, 15) is 4.79 Å². The fraction of sp³-hybridized carbons (Fsp3) is 0.500. The molecule has 5 nitrogen and oxygen atoms in total. The molecule has 1 fully saturated rings. The Kier molecular flexibility index (Phi) is 4.90. The van der Waals surface area contributed by atoms with Gasteiger partial charge in [0.25, 0.3) is 0 Å². The Bertz CT molecular complexity index is 575. The molecule has 1 amide bonds. The molecule has 0 spiro atoms. The summed E-state index contributed by atoms with van der Waals surface area (Å²) in [4.78, 5) is 18.9. The van der Waals surface area contributed by atoms with Gasteiger partial charge < -0.3 is 9.73 Å². The average Bonchev–Trinajstić information content (AvgIpc) is 3.21. The summed E-state index contributed by atoms with van der Waals surface area (Å²) >= 11 is 1.58. The fourth-order valence-corrected chi connectivity index (χ4v) is 3.46. The molecule has 3 heterocycles. The van der Waals surface area contributed by atoms with Crippen molar-refractivity contribution < 1.29 is 9.21 Å². The maximum atomic E-state index is 12.4. The van der Waals surface area contributed by atoms with E-state index in [0.717, 1.165) is 43.2 Å². The summed E-state index contributed by atoms with van der Waals surface area (Å²) in [6, 6.07) is 3.90. The third kappa shape index (κ3) is 3.75. The van der Waals surface area contributed by atoms with E-state index in [1.165, 1.54) is 0 Å². The second-order valence-electron chi connectivity index (χ2n) is 5.73. The van der Waals surface area contributed by atoms with Crippen molar-refractivity contribution in [1.82, 2.24) is 15.2 Å². The van der Waals surface area contributed by atoms with E-state index in [1.807, 2.05) is 24.4 Å². The van der Waals surface area contributed by atoms with E-state index in [-0.39, 0.29) is 17.9 Å². The van der Waals surface area contributed by atoms with E-state index in [2.05, 4.69) is 15.2 Å². The molecule has 1 saturated heterocycles. The molecule has 0 aromatic carbocycles. The summed E-state index contributed by atoms with van der Waals surface area (Å²) in [6.45, 7) is 4.69. The number of carbonyl (C=O) groups is 1. The van der Waals surface area contributed by atoms with Crippen molar-refractivity contribution in [3.8, 4) is 0 Å². The molecule has 0 radical (unpaired) electrons. The zero-order chi connectivity index (χ0) is 15.4. The van der Waals surface area contributed by atoms with Crippen LogP contribution in [-0.2, 0) is 11.3 Å². The lowest BCUT2D eigenvalue weighted by molar-refractivity contribution is -0.127. The van der Waals surface area contributed by atoms with Gasteiger partial charge in [-0.3, -0.25) is 9.69 Å². The van der Waals surface area contributed by atoms with Crippen LogP contribution < -0.4 is 5.32 Å². The Balaban J connectivity index is 1.45. The lowest BCUT2D eigenvalue weighted by Crippen LogP contribution is -2.40. The summed E-state index contributed by atoms with van der Waals surface area (Å²) in [7, 11) is 0. The Hall–Kier alpha value is -1.66.